The third-order valence-electron chi connectivity index (χ3n) is 6.97. The average molecular weight is 408 g/mol. The van der Waals surface area contributed by atoms with Crippen molar-refractivity contribution in [2.75, 3.05) is 46.5 Å². The minimum absolute atomic E-state index is 0.00970. The lowest BCUT2D eigenvalue weighted by Gasteiger charge is -2.59. The highest BCUT2D eigenvalue weighted by molar-refractivity contribution is 5.80. The van der Waals surface area contributed by atoms with Crippen molar-refractivity contribution in [3.63, 3.8) is 0 Å². The first kappa shape index (κ1) is 22.0. The molecule has 1 saturated carbocycles. The third kappa shape index (κ3) is 4.73. The van der Waals surface area contributed by atoms with Crippen molar-refractivity contribution in [3.8, 4) is 0 Å². The molecule has 2 atom stereocenters. The van der Waals surface area contributed by atoms with Gasteiger partial charge in [-0.05, 0) is 20.3 Å². The fourth-order valence-corrected chi connectivity index (χ4v) is 3.94. The van der Waals surface area contributed by atoms with Crippen LogP contribution in [-0.2, 0) is 23.1 Å². The lowest BCUT2D eigenvalue weighted by Crippen LogP contribution is -2.69. The van der Waals surface area contributed by atoms with E-state index in [1.807, 2.05) is 18.5 Å². The number of hydrogen-bond acceptors (Lipinski definition) is 6. The molecule has 2 heterocycles. The van der Waals surface area contributed by atoms with Gasteiger partial charge in [0.15, 0.2) is 11.8 Å². The van der Waals surface area contributed by atoms with Crippen LogP contribution >= 0.6 is 0 Å². The van der Waals surface area contributed by atoms with Crippen LogP contribution in [0.5, 0.6) is 0 Å². The van der Waals surface area contributed by atoms with Crippen molar-refractivity contribution in [3.05, 3.63) is 11.6 Å². The van der Waals surface area contributed by atoms with Gasteiger partial charge in [0.1, 0.15) is 12.4 Å². The normalized spacial score (nSPS) is 27.5. The third-order valence-corrected chi connectivity index (χ3v) is 6.97. The second-order valence-electron chi connectivity index (χ2n) is 8.83. The molecule has 2 aliphatic rings. The van der Waals surface area contributed by atoms with Crippen LogP contribution in [0.2, 0.25) is 0 Å². The van der Waals surface area contributed by atoms with Gasteiger partial charge in [0.2, 0.25) is 0 Å². The van der Waals surface area contributed by atoms with Gasteiger partial charge in [0.25, 0.3) is 0 Å². The van der Waals surface area contributed by atoms with Crippen LogP contribution < -0.4 is 10.6 Å². The molecule has 1 aromatic rings. The minimum Gasteiger partial charge on any atom is -0.379 e. The molecule has 2 fully saturated rings. The number of methoxy groups -OCH3 is 1. The fraction of sp³-hybridized carbons (Fsp3) is 0.850. The molecule has 1 saturated heterocycles. The molecule has 3 rings (SSSR count). The maximum Gasteiger partial charge on any atom is 0.191 e. The predicted octanol–water partition coefficient (Wildman–Crippen LogP) is 0.695. The molecule has 0 spiro atoms. The zero-order chi connectivity index (χ0) is 21.1. The summed E-state index contributed by atoms with van der Waals surface area (Å²) in [6, 6.07) is 0.295. The van der Waals surface area contributed by atoms with Crippen molar-refractivity contribution in [1.82, 2.24) is 30.3 Å². The van der Waals surface area contributed by atoms with E-state index in [9.17, 15) is 0 Å². The Hall–Kier alpha value is -1.71. The summed E-state index contributed by atoms with van der Waals surface area (Å²) in [5.41, 5.74) is -0.111. The Bertz CT molecular complexity index is 712. The Labute approximate surface area is 174 Å². The van der Waals surface area contributed by atoms with E-state index in [1.165, 1.54) is 0 Å². The number of hydrogen-bond donors (Lipinski definition) is 2. The van der Waals surface area contributed by atoms with Crippen LogP contribution in [0.15, 0.2) is 4.99 Å². The molecule has 1 aliphatic heterocycles. The first-order chi connectivity index (χ1) is 13.8. The molecule has 9 heteroatoms. The molecule has 1 aromatic heterocycles. The molecule has 0 amide bonds. The SMILES string of the molecule is COC1(C)CC(NC(=NCc2nnc(C)n2C)NCCN2CCOCC2)C1(C)C. The highest BCUT2D eigenvalue weighted by Crippen LogP contribution is 2.51. The quantitative estimate of drug-likeness (QED) is 0.508. The highest BCUT2D eigenvalue weighted by Gasteiger charge is 2.58. The van der Waals surface area contributed by atoms with E-state index in [0.717, 1.165) is 63.4 Å². The number of aromatic nitrogens is 3. The molecule has 2 N–H and O–H groups in total. The molecule has 0 bridgehead atoms. The second kappa shape index (κ2) is 8.97. The number of ether oxygens (including phenoxy) is 2. The van der Waals surface area contributed by atoms with Gasteiger partial charge in [0, 0.05) is 51.8 Å². The second-order valence-corrected chi connectivity index (χ2v) is 8.83. The molecule has 0 aromatic carbocycles. The van der Waals surface area contributed by atoms with Gasteiger partial charge in [-0.1, -0.05) is 13.8 Å². The van der Waals surface area contributed by atoms with E-state index in [0.29, 0.717) is 12.6 Å². The summed E-state index contributed by atoms with van der Waals surface area (Å²) in [7, 11) is 3.77. The lowest BCUT2D eigenvalue weighted by atomic mass is 9.56. The van der Waals surface area contributed by atoms with E-state index >= 15 is 0 Å². The van der Waals surface area contributed by atoms with Gasteiger partial charge in [-0.3, -0.25) is 4.90 Å². The van der Waals surface area contributed by atoms with Crippen molar-refractivity contribution in [1.29, 1.82) is 0 Å². The monoisotopic (exact) mass is 407 g/mol. The maximum atomic E-state index is 5.77. The van der Waals surface area contributed by atoms with E-state index in [-0.39, 0.29) is 11.0 Å². The lowest BCUT2D eigenvalue weighted by molar-refractivity contribution is -0.176. The summed E-state index contributed by atoms with van der Waals surface area (Å²) in [5.74, 6) is 2.56. The Morgan fingerprint density at radius 1 is 1.28 bits per heavy atom. The topological polar surface area (TPSA) is 88.8 Å². The Balaban J connectivity index is 1.62. The highest BCUT2D eigenvalue weighted by atomic mass is 16.5. The number of guanidine groups is 1. The van der Waals surface area contributed by atoms with Gasteiger partial charge in [-0.15, -0.1) is 10.2 Å². The van der Waals surface area contributed by atoms with Crippen LogP contribution in [0, 0.1) is 12.3 Å². The number of aliphatic imine (C=N–C) groups is 1. The summed E-state index contributed by atoms with van der Waals surface area (Å²) >= 11 is 0. The van der Waals surface area contributed by atoms with Crippen LogP contribution in [0.3, 0.4) is 0 Å². The van der Waals surface area contributed by atoms with Crippen LogP contribution in [0.4, 0.5) is 0 Å². The summed E-state index contributed by atoms with van der Waals surface area (Å²) in [5, 5.41) is 15.5. The molecular formula is C20H37N7O2. The first-order valence-electron chi connectivity index (χ1n) is 10.5. The zero-order valence-corrected chi connectivity index (χ0v) is 18.8. The largest absolute Gasteiger partial charge is 0.379 e. The molecular weight excluding hydrogens is 370 g/mol. The van der Waals surface area contributed by atoms with Crippen LogP contribution in [0.1, 0.15) is 38.8 Å². The maximum absolute atomic E-state index is 5.77. The molecule has 2 unspecified atom stereocenters. The summed E-state index contributed by atoms with van der Waals surface area (Å²) < 4.78 is 13.2. The van der Waals surface area contributed by atoms with Crippen LogP contribution in [-0.4, -0.2) is 83.8 Å². The van der Waals surface area contributed by atoms with Gasteiger partial charge < -0.3 is 24.7 Å². The first-order valence-corrected chi connectivity index (χ1v) is 10.5. The molecule has 164 valence electrons. The van der Waals surface area contributed by atoms with Crippen molar-refractivity contribution in [2.24, 2.45) is 17.5 Å². The van der Waals surface area contributed by atoms with E-state index in [4.69, 9.17) is 14.5 Å². The molecule has 29 heavy (non-hydrogen) atoms. The van der Waals surface area contributed by atoms with Gasteiger partial charge in [-0.25, -0.2) is 4.99 Å². The van der Waals surface area contributed by atoms with Crippen molar-refractivity contribution < 1.29 is 9.47 Å². The van der Waals surface area contributed by atoms with Crippen LogP contribution in [0.25, 0.3) is 0 Å². The number of nitrogens with one attached hydrogen (secondary N) is 2. The Kier molecular flexibility index (Phi) is 6.80. The summed E-state index contributed by atoms with van der Waals surface area (Å²) in [4.78, 5) is 7.21. The average Bonchev–Trinajstić information content (AvgIpc) is 3.04. The summed E-state index contributed by atoms with van der Waals surface area (Å²) in [6.07, 6.45) is 0.948. The molecule has 1 aliphatic carbocycles. The fourth-order valence-electron chi connectivity index (χ4n) is 3.94. The number of rotatable bonds is 7. The van der Waals surface area contributed by atoms with E-state index < -0.39 is 0 Å². The molecule has 9 nitrogen and oxygen atoms in total. The van der Waals surface area contributed by atoms with Gasteiger partial charge in [-0.2, -0.15) is 0 Å². The number of morpholine rings is 1. The number of nitrogens with zero attached hydrogens (tertiary/aromatic N) is 5. The smallest absolute Gasteiger partial charge is 0.191 e. The summed E-state index contributed by atoms with van der Waals surface area (Å²) in [6.45, 7) is 14.5. The minimum atomic E-state index is -0.121. The van der Waals surface area contributed by atoms with Crippen molar-refractivity contribution >= 4 is 5.96 Å². The zero-order valence-electron chi connectivity index (χ0n) is 18.8. The van der Waals surface area contributed by atoms with Gasteiger partial charge >= 0.3 is 0 Å². The molecule has 0 radical (unpaired) electrons. The van der Waals surface area contributed by atoms with Crippen molar-refractivity contribution in [2.45, 2.75) is 52.3 Å². The van der Waals surface area contributed by atoms with E-state index in [2.05, 4.69) is 46.5 Å². The Morgan fingerprint density at radius 3 is 2.59 bits per heavy atom. The standard InChI is InChI=1S/C20H37N7O2/c1-15-24-25-17(26(15)5)14-22-18(21-7-8-27-9-11-29-12-10-27)23-16-13-20(4,28-6)19(16,2)3/h16H,7-14H2,1-6H3,(H2,21,22,23). The number of aryl methyl sites for hydroxylation is 1. The van der Waals surface area contributed by atoms with E-state index in [1.54, 1.807) is 7.11 Å². The van der Waals surface area contributed by atoms with Gasteiger partial charge in [0.05, 0.1) is 18.8 Å². The Morgan fingerprint density at radius 2 is 2.00 bits per heavy atom. The predicted molar refractivity (Wildman–Crippen MR) is 113 cm³/mol.